The molecular weight excluding hydrogens is 314 g/mol. The third-order valence-corrected chi connectivity index (χ3v) is 3.21. The summed E-state index contributed by atoms with van der Waals surface area (Å²) in [5, 5.41) is 3.78. The Morgan fingerprint density at radius 2 is 1.96 bits per heavy atom. The van der Waals surface area contributed by atoms with Gasteiger partial charge in [0.1, 0.15) is 11.8 Å². The van der Waals surface area contributed by atoms with Crippen molar-refractivity contribution in [1.82, 2.24) is 19.9 Å². The number of ether oxygens (including phenoxy) is 1. The number of hydrogen-bond acceptors (Lipinski definition) is 6. The summed E-state index contributed by atoms with van der Waals surface area (Å²) in [6, 6.07) is 2.06. The van der Waals surface area contributed by atoms with Crippen LogP contribution in [0.2, 0.25) is 5.15 Å². The van der Waals surface area contributed by atoms with Crippen LogP contribution in [0.1, 0.15) is 13.8 Å². The van der Waals surface area contributed by atoms with Gasteiger partial charge in [0.25, 0.3) is 0 Å². The van der Waals surface area contributed by atoms with Crippen LogP contribution < -0.4 is 10.1 Å². The van der Waals surface area contributed by atoms with E-state index in [1.165, 1.54) is 0 Å². The summed E-state index contributed by atoms with van der Waals surface area (Å²) < 4.78 is 5.55. The lowest BCUT2D eigenvalue weighted by Crippen LogP contribution is -2.19. The standard InChI is InChI=1S/C16H22ClN5O/c1-11(2)21-13-7-15(17)19-8-12(13)14-9-20-16(10-18-14)23-6-5-22(3)4/h7-11H,5-6H2,1-4H3,(H,19,21). The van der Waals surface area contributed by atoms with Gasteiger partial charge in [0.05, 0.1) is 18.1 Å². The Hall–Kier alpha value is -1.92. The Morgan fingerprint density at radius 1 is 1.17 bits per heavy atom. The molecule has 0 saturated carbocycles. The van der Waals surface area contributed by atoms with Crippen LogP contribution >= 0.6 is 11.6 Å². The van der Waals surface area contributed by atoms with Gasteiger partial charge in [-0.1, -0.05) is 11.6 Å². The number of nitrogens with one attached hydrogen (secondary N) is 1. The molecule has 0 spiro atoms. The number of likely N-dealkylation sites (N-methyl/N-ethyl adjacent to an activating group) is 1. The van der Waals surface area contributed by atoms with E-state index in [-0.39, 0.29) is 6.04 Å². The lowest BCUT2D eigenvalue weighted by molar-refractivity contribution is 0.253. The number of pyridine rings is 1. The Kier molecular flexibility index (Phi) is 6.12. The zero-order valence-corrected chi connectivity index (χ0v) is 14.6. The maximum Gasteiger partial charge on any atom is 0.232 e. The number of hydrogen-bond donors (Lipinski definition) is 1. The van der Waals surface area contributed by atoms with Gasteiger partial charge in [-0.15, -0.1) is 0 Å². The van der Waals surface area contributed by atoms with E-state index < -0.39 is 0 Å². The first kappa shape index (κ1) is 17.4. The minimum atomic E-state index is 0.272. The van der Waals surface area contributed by atoms with Crippen LogP contribution in [0, 0.1) is 0 Å². The van der Waals surface area contributed by atoms with Crippen molar-refractivity contribution in [3.8, 4) is 17.1 Å². The zero-order chi connectivity index (χ0) is 16.8. The largest absolute Gasteiger partial charge is 0.475 e. The van der Waals surface area contributed by atoms with Crippen molar-refractivity contribution in [2.45, 2.75) is 19.9 Å². The molecule has 124 valence electrons. The van der Waals surface area contributed by atoms with E-state index >= 15 is 0 Å². The van der Waals surface area contributed by atoms with Crippen molar-refractivity contribution in [2.24, 2.45) is 0 Å². The maximum absolute atomic E-state index is 5.98. The summed E-state index contributed by atoms with van der Waals surface area (Å²) in [4.78, 5) is 14.9. The van der Waals surface area contributed by atoms with Crippen molar-refractivity contribution in [2.75, 3.05) is 32.6 Å². The van der Waals surface area contributed by atoms with Gasteiger partial charge in [0, 0.05) is 30.0 Å². The molecule has 7 heteroatoms. The SMILES string of the molecule is CC(C)Nc1cc(Cl)ncc1-c1cnc(OCCN(C)C)cn1. The van der Waals surface area contributed by atoms with Crippen LogP contribution in [0.4, 0.5) is 5.69 Å². The predicted molar refractivity (Wildman–Crippen MR) is 93.1 cm³/mol. The minimum absolute atomic E-state index is 0.272. The average molecular weight is 336 g/mol. The molecule has 0 bridgehead atoms. The first-order chi connectivity index (χ1) is 11.0. The first-order valence-electron chi connectivity index (χ1n) is 7.47. The van der Waals surface area contributed by atoms with Crippen molar-refractivity contribution < 1.29 is 4.74 Å². The molecule has 2 rings (SSSR count). The van der Waals surface area contributed by atoms with E-state index in [2.05, 4.69) is 34.1 Å². The summed E-state index contributed by atoms with van der Waals surface area (Å²) >= 11 is 5.98. The molecule has 0 unspecified atom stereocenters. The molecule has 6 nitrogen and oxygen atoms in total. The van der Waals surface area contributed by atoms with Crippen LogP contribution in [0.3, 0.4) is 0 Å². The quantitative estimate of drug-likeness (QED) is 0.785. The van der Waals surface area contributed by atoms with Gasteiger partial charge >= 0.3 is 0 Å². The van der Waals surface area contributed by atoms with E-state index in [1.807, 2.05) is 19.0 Å². The van der Waals surface area contributed by atoms with E-state index in [0.717, 1.165) is 23.5 Å². The van der Waals surface area contributed by atoms with Gasteiger partial charge in [0.2, 0.25) is 5.88 Å². The molecular formula is C16H22ClN5O. The van der Waals surface area contributed by atoms with Crippen molar-refractivity contribution in [3.63, 3.8) is 0 Å². The summed E-state index contributed by atoms with van der Waals surface area (Å²) in [5.41, 5.74) is 2.46. The lowest BCUT2D eigenvalue weighted by Gasteiger charge is -2.14. The normalized spacial score (nSPS) is 11.1. The predicted octanol–water partition coefficient (Wildman–Crippen LogP) is 2.95. The number of rotatable bonds is 7. The van der Waals surface area contributed by atoms with Crippen molar-refractivity contribution >= 4 is 17.3 Å². The smallest absolute Gasteiger partial charge is 0.232 e. The van der Waals surface area contributed by atoms with Gasteiger partial charge < -0.3 is 15.0 Å². The molecule has 0 radical (unpaired) electrons. The molecule has 0 aliphatic carbocycles. The number of halogens is 1. The Bertz CT molecular complexity index is 631. The average Bonchev–Trinajstić information content (AvgIpc) is 2.47. The highest BCUT2D eigenvalue weighted by Crippen LogP contribution is 2.28. The number of anilines is 1. The minimum Gasteiger partial charge on any atom is -0.475 e. The highest BCUT2D eigenvalue weighted by atomic mass is 35.5. The molecule has 0 saturated heterocycles. The number of aromatic nitrogens is 3. The second-order valence-corrected chi connectivity index (χ2v) is 6.13. The highest BCUT2D eigenvalue weighted by molar-refractivity contribution is 6.29. The fraction of sp³-hybridized carbons (Fsp3) is 0.438. The second-order valence-electron chi connectivity index (χ2n) is 5.74. The summed E-state index contributed by atoms with van der Waals surface area (Å²) in [6.07, 6.45) is 5.00. The Morgan fingerprint density at radius 3 is 2.57 bits per heavy atom. The highest BCUT2D eigenvalue weighted by Gasteiger charge is 2.10. The molecule has 2 heterocycles. The van der Waals surface area contributed by atoms with Crippen molar-refractivity contribution in [3.05, 3.63) is 29.8 Å². The van der Waals surface area contributed by atoms with E-state index in [1.54, 1.807) is 24.7 Å². The number of nitrogens with zero attached hydrogens (tertiary/aromatic N) is 4. The van der Waals surface area contributed by atoms with Crippen LogP contribution in [0.25, 0.3) is 11.3 Å². The van der Waals surface area contributed by atoms with Crippen LogP contribution in [0.15, 0.2) is 24.7 Å². The molecule has 2 aromatic heterocycles. The van der Waals surface area contributed by atoms with E-state index in [9.17, 15) is 0 Å². The fourth-order valence-corrected chi connectivity index (χ4v) is 2.08. The molecule has 0 aliphatic heterocycles. The third-order valence-electron chi connectivity index (χ3n) is 3.01. The molecule has 0 amide bonds. The van der Waals surface area contributed by atoms with Gasteiger partial charge in [-0.2, -0.15) is 0 Å². The molecule has 0 fully saturated rings. The van der Waals surface area contributed by atoms with Crippen LogP contribution in [0.5, 0.6) is 5.88 Å². The first-order valence-corrected chi connectivity index (χ1v) is 7.85. The van der Waals surface area contributed by atoms with Crippen LogP contribution in [-0.4, -0.2) is 53.1 Å². The molecule has 2 aromatic rings. The molecule has 1 N–H and O–H groups in total. The molecule has 0 aliphatic rings. The van der Waals surface area contributed by atoms with Gasteiger partial charge in [-0.3, -0.25) is 0 Å². The van der Waals surface area contributed by atoms with Crippen molar-refractivity contribution in [1.29, 1.82) is 0 Å². The third kappa shape index (κ3) is 5.33. The molecule has 23 heavy (non-hydrogen) atoms. The molecule has 0 aromatic carbocycles. The summed E-state index contributed by atoms with van der Waals surface area (Å²) in [5.74, 6) is 0.510. The van der Waals surface area contributed by atoms with E-state index in [0.29, 0.717) is 17.6 Å². The topological polar surface area (TPSA) is 63.2 Å². The maximum atomic E-state index is 5.98. The lowest BCUT2D eigenvalue weighted by atomic mass is 10.1. The summed E-state index contributed by atoms with van der Waals surface area (Å²) in [7, 11) is 3.99. The van der Waals surface area contributed by atoms with Crippen LogP contribution in [-0.2, 0) is 0 Å². The molecule has 0 atom stereocenters. The van der Waals surface area contributed by atoms with E-state index in [4.69, 9.17) is 16.3 Å². The van der Waals surface area contributed by atoms with Gasteiger partial charge in [-0.25, -0.2) is 15.0 Å². The van der Waals surface area contributed by atoms with Gasteiger partial charge in [-0.05, 0) is 34.0 Å². The Balaban J connectivity index is 2.15. The zero-order valence-electron chi connectivity index (χ0n) is 13.9. The fourth-order valence-electron chi connectivity index (χ4n) is 1.93. The Labute approximate surface area is 141 Å². The van der Waals surface area contributed by atoms with Gasteiger partial charge in [0.15, 0.2) is 0 Å². The summed E-state index contributed by atoms with van der Waals surface area (Å²) in [6.45, 7) is 5.52. The second kappa shape index (κ2) is 8.08. The monoisotopic (exact) mass is 335 g/mol.